The molecule has 1 aromatic rings. The summed E-state index contributed by atoms with van der Waals surface area (Å²) in [6, 6.07) is 6.37. The summed E-state index contributed by atoms with van der Waals surface area (Å²) >= 11 is 3.87. The van der Waals surface area contributed by atoms with E-state index in [1.807, 2.05) is 6.07 Å². The van der Waals surface area contributed by atoms with E-state index in [1.165, 1.54) is 31.2 Å². The van der Waals surface area contributed by atoms with Gasteiger partial charge in [0.1, 0.15) is 0 Å². The van der Waals surface area contributed by atoms with Crippen LogP contribution in [0.2, 0.25) is 0 Å². The molecule has 2 nitrogen and oxygen atoms in total. The van der Waals surface area contributed by atoms with Gasteiger partial charge in [0, 0.05) is 10.5 Å². The molecule has 0 saturated heterocycles. The fraction of sp³-hybridized carbons (Fsp3) is 0.562. The molecule has 1 unspecified atom stereocenters. The van der Waals surface area contributed by atoms with Crippen molar-refractivity contribution in [2.45, 2.75) is 50.8 Å². The van der Waals surface area contributed by atoms with Crippen molar-refractivity contribution < 1.29 is 4.79 Å². The van der Waals surface area contributed by atoms with Gasteiger partial charge in [0.05, 0.1) is 6.42 Å². The zero-order valence-corrected chi connectivity index (χ0v) is 13.3. The Morgan fingerprint density at radius 3 is 2.58 bits per heavy atom. The van der Waals surface area contributed by atoms with Gasteiger partial charge in [-0.1, -0.05) is 54.8 Å². The molecule has 1 N–H and O–H groups in total. The highest BCUT2D eigenvalue weighted by molar-refractivity contribution is 9.09. The van der Waals surface area contributed by atoms with Crippen LogP contribution >= 0.6 is 15.9 Å². The van der Waals surface area contributed by atoms with Crippen molar-refractivity contribution in [3.63, 3.8) is 0 Å². The minimum absolute atomic E-state index is 0.108. The van der Waals surface area contributed by atoms with Crippen LogP contribution in [0.5, 0.6) is 0 Å². The molecule has 0 aliphatic carbocycles. The Hall–Kier alpha value is -0.830. The summed E-state index contributed by atoms with van der Waals surface area (Å²) in [5.41, 5.74) is 3.43. The first-order valence-electron chi connectivity index (χ1n) is 7.22. The molecule has 104 valence electrons. The Kier molecular flexibility index (Phi) is 5.03. The van der Waals surface area contributed by atoms with E-state index < -0.39 is 0 Å². The molecule has 1 atom stereocenters. The van der Waals surface area contributed by atoms with E-state index in [9.17, 15) is 4.79 Å². The molecule has 1 aliphatic rings. The van der Waals surface area contributed by atoms with Crippen molar-refractivity contribution in [1.29, 1.82) is 0 Å². The van der Waals surface area contributed by atoms with Crippen LogP contribution in [0.25, 0.3) is 0 Å². The Labute approximate surface area is 124 Å². The van der Waals surface area contributed by atoms with Gasteiger partial charge in [-0.3, -0.25) is 4.79 Å². The number of benzene rings is 1. The zero-order chi connectivity index (χ0) is 13.8. The molecular weight excluding hydrogens is 302 g/mol. The first kappa shape index (κ1) is 14.6. The molecule has 0 bridgehead atoms. The van der Waals surface area contributed by atoms with Crippen molar-refractivity contribution >= 4 is 27.5 Å². The monoisotopic (exact) mass is 323 g/mol. The normalized spacial score (nSPS) is 15.5. The second-order valence-electron chi connectivity index (χ2n) is 5.38. The fourth-order valence-electron chi connectivity index (χ4n) is 2.87. The Morgan fingerprint density at radius 2 is 1.95 bits per heavy atom. The number of amides is 1. The van der Waals surface area contributed by atoms with Crippen LogP contribution in [0.1, 0.15) is 55.5 Å². The molecule has 0 aromatic heterocycles. The molecule has 19 heavy (non-hydrogen) atoms. The minimum atomic E-state index is 0.108. The van der Waals surface area contributed by atoms with Crippen molar-refractivity contribution in [2.24, 2.45) is 5.92 Å². The van der Waals surface area contributed by atoms with Gasteiger partial charge in [-0.05, 0) is 36.0 Å². The molecule has 1 aromatic carbocycles. The average molecular weight is 324 g/mol. The van der Waals surface area contributed by atoms with E-state index in [-0.39, 0.29) is 5.91 Å². The van der Waals surface area contributed by atoms with E-state index in [0.29, 0.717) is 17.2 Å². The quantitative estimate of drug-likeness (QED) is 0.746. The first-order valence-corrected chi connectivity index (χ1v) is 8.14. The molecule has 3 heteroatoms. The predicted octanol–water partition coefficient (Wildman–Crippen LogP) is 4.83. The predicted molar refractivity (Wildman–Crippen MR) is 83.7 cm³/mol. The van der Waals surface area contributed by atoms with Crippen LogP contribution in [0.3, 0.4) is 0 Å². The number of carbonyl (C=O) groups excluding carboxylic acids is 1. The second kappa shape index (κ2) is 6.56. The lowest BCUT2D eigenvalue weighted by molar-refractivity contribution is -0.115. The molecule has 1 heterocycles. The minimum Gasteiger partial charge on any atom is -0.326 e. The second-order valence-corrected chi connectivity index (χ2v) is 6.37. The summed E-state index contributed by atoms with van der Waals surface area (Å²) in [5.74, 6) is 0.787. The lowest BCUT2D eigenvalue weighted by atomic mass is 9.90. The Morgan fingerprint density at radius 1 is 1.26 bits per heavy atom. The van der Waals surface area contributed by atoms with Gasteiger partial charge < -0.3 is 5.32 Å². The largest absolute Gasteiger partial charge is 0.326 e. The van der Waals surface area contributed by atoms with E-state index in [0.717, 1.165) is 11.3 Å². The maximum absolute atomic E-state index is 11.4. The first-order chi connectivity index (χ1) is 9.15. The fourth-order valence-corrected chi connectivity index (χ4v) is 3.68. The molecule has 1 aliphatic heterocycles. The topological polar surface area (TPSA) is 29.1 Å². The molecule has 0 radical (unpaired) electrons. The average Bonchev–Trinajstić information content (AvgIpc) is 2.76. The maximum atomic E-state index is 11.4. The molecular formula is C16H22BrNO. The lowest BCUT2D eigenvalue weighted by Crippen LogP contribution is -2.08. The van der Waals surface area contributed by atoms with Crippen LogP contribution in [0.15, 0.2) is 18.2 Å². The Bertz CT molecular complexity index is 452. The maximum Gasteiger partial charge on any atom is 0.228 e. The smallest absolute Gasteiger partial charge is 0.228 e. The van der Waals surface area contributed by atoms with Gasteiger partial charge in [-0.25, -0.2) is 0 Å². The summed E-state index contributed by atoms with van der Waals surface area (Å²) in [6.45, 7) is 4.49. The van der Waals surface area contributed by atoms with E-state index in [4.69, 9.17) is 0 Å². The highest BCUT2D eigenvalue weighted by Gasteiger charge is 2.23. The number of fused-ring (bicyclic) bond motifs is 1. The van der Waals surface area contributed by atoms with Gasteiger partial charge in [0.25, 0.3) is 0 Å². The number of anilines is 1. The number of hydrogen-bond donors (Lipinski definition) is 1. The van der Waals surface area contributed by atoms with Crippen LogP contribution in [0, 0.1) is 5.92 Å². The summed E-state index contributed by atoms with van der Waals surface area (Å²) in [4.78, 5) is 11.8. The third-order valence-corrected chi connectivity index (χ3v) is 5.08. The summed E-state index contributed by atoms with van der Waals surface area (Å²) in [5, 5.41) is 2.89. The molecule has 2 rings (SSSR count). The number of rotatable bonds is 6. The van der Waals surface area contributed by atoms with Gasteiger partial charge in [0.15, 0.2) is 0 Å². The van der Waals surface area contributed by atoms with E-state index in [1.54, 1.807) is 0 Å². The van der Waals surface area contributed by atoms with Crippen molar-refractivity contribution in [3.8, 4) is 0 Å². The molecule has 0 fully saturated rings. The third kappa shape index (κ3) is 3.38. The lowest BCUT2D eigenvalue weighted by Gasteiger charge is -2.22. The molecule has 1 amide bonds. The van der Waals surface area contributed by atoms with Gasteiger partial charge in [-0.2, -0.15) is 0 Å². The number of halogens is 1. The summed E-state index contributed by atoms with van der Waals surface area (Å²) in [7, 11) is 0. The van der Waals surface area contributed by atoms with Gasteiger partial charge >= 0.3 is 0 Å². The van der Waals surface area contributed by atoms with Crippen molar-refractivity contribution in [2.75, 3.05) is 5.32 Å². The van der Waals surface area contributed by atoms with Crippen LogP contribution in [-0.2, 0) is 11.2 Å². The number of nitrogens with one attached hydrogen (secondary N) is 1. The van der Waals surface area contributed by atoms with Crippen molar-refractivity contribution in [3.05, 3.63) is 29.3 Å². The number of hydrogen-bond acceptors (Lipinski definition) is 1. The molecule has 0 saturated carbocycles. The van der Waals surface area contributed by atoms with E-state index in [2.05, 4.69) is 47.2 Å². The van der Waals surface area contributed by atoms with Crippen LogP contribution in [-0.4, -0.2) is 5.91 Å². The molecule has 0 spiro atoms. The highest BCUT2D eigenvalue weighted by Crippen LogP contribution is 2.38. The number of carbonyl (C=O) groups is 1. The van der Waals surface area contributed by atoms with Crippen molar-refractivity contribution in [1.82, 2.24) is 0 Å². The standard InChI is InChI=1S/C16H22BrNO/c1-3-5-11(6-4-2)16(17)12-7-8-14-13(9-12)10-15(19)18-14/h7-9,11,16H,3-6,10H2,1-2H3,(H,18,19). The number of alkyl halides is 1. The third-order valence-electron chi connectivity index (χ3n) is 3.81. The SMILES string of the molecule is CCCC(CCC)C(Br)c1ccc2c(c1)CC(=O)N2. The zero-order valence-electron chi connectivity index (χ0n) is 11.7. The Balaban J connectivity index is 2.16. The summed E-state index contributed by atoms with van der Waals surface area (Å²) in [6.07, 6.45) is 5.46. The summed E-state index contributed by atoms with van der Waals surface area (Å²) < 4.78 is 0. The highest BCUT2D eigenvalue weighted by atomic mass is 79.9. The van der Waals surface area contributed by atoms with Crippen LogP contribution in [0.4, 0.5) is 5.69 Å². The van der Waals surface area contributed by atoms with Gasteiger partial charge in [0.2, 0.25) is 5.91 Å². The van der Waals surface area contributed by atoms with E-state index >= 15 is 0 Å². The van der Waals surface area contributed by atoms with Crippen LogP contribution < -0.4 is 5.32 Å². The van der Waals surface area contributed by atoms with Gasteiger partial charge in [-0.15, -0.1) is 0 Å².